The van der Waals surface area contributed by atoms with Gasteiger partial charge in [-0.1, -0.05) is 61.9 Å². The van der Waals surface area contributed by atoms with Crippen molar-refractivity contribution >= 4 is 10.9 Å². The first-order chi connectivity index (χ1) is 9.88. The van der Waals surface area contributed by atoms with E-state index in [2.05, 4.69) is 67.6 Å². The van der Waals surface area contributed by atoms with Gasteiger partial charge in [-0.3, -0.25) is 0 Å². The molecule has 2 aromatic carbocycles. The zero-order chi connectivity index (χ0) is 13.8. The van der Waals surface area contributed by atoms with Crippen molar-refractivity contribution in [3.05, 3.63) is 66.2 Å². The summed E-state index contributed by atoms with van der Waals surface area (Å²) < 4.78 is 0. The average Bonchev–Trinajstić information content (AvgIpc) is 2.53. The van der Waals surface area contributed by atoms with Crippen molar-refractivity contribution in [3.8, 4) is 11.3 Å². The first kappa shape index (κ1) is 12.9. The molecule has 3 aromatic rings. The van der Waals surface area contributed by atoms with Crippen LogP contribution in [-0.4, -0.2) is 4.98 Å². The van der Waals surface area contributed by atoms with Gasteiger partial charge in [0.25, 0.3) is 0 Å². The number of aryl methyl sites for hydroxylation is 1. The lowest BCUT2D eigenvalue weighted by Crippen LogP contribution is -1.95. The summed E-state index contributed by atoms with van der Waals surface area (Å²) in [5.74, 6) is 0. The molecule has 0 aliphatic rings. The maximum absolute atomic E-state index is 4.90. The van der Waals surface area contributed by atoms with Crippen LogP contribution in [0.3, 0.4) is 0 Å². The summed E-state index contributed by atoms with van der Waals surface area (Å²) in [5.41, 5.74) is 4.78. The highest BCUT2D eigenvalue weighted by Gasteiger charge is 2.08. The van der Waals surface area contributed by atoms with Gasteiger partial charge < -0.3 is 0 Å². The molecule has 100 valence electrons. The van der Waals surface area contributed by atoms with Crippen LogP contribution in [-0.2, 0) is 6.42 Å². The third-order valence-corrected chi connectivity index (χ3v) is 3.65. The van der Waals surface area contributed by atoms with Gasteiger partial charge in [-0.25, -0.2) is 4.98 Å². The molecule has 0 unspecified atom stereocenters. The number of fused-ring (bicyclic) bond motifs is 1. The van der Waals surface area contributed by atoms with Crippen molar-refractivity contribution in [2.24, 2.45) is 0 Å². The quantitative estimate of drug-likeness (QED) is 0.625. The van der Waals surface area contributed by atoms with Crippen LogP contribution < -0.4 is 0 Å². The summed E-state index contributed by atoms with van der Waals surface area (Å²) in [7, 11) is 0. The van der Waals surface area contributed by atoms with Gasteiger partial charge in [0.15, 0.2) is 0 Å². The van der Waals surface area contributed by atoms with Gasteiger partial charge >= 0.3 is 0 Å². The fourth-order valence-electron chi connectivity index (χ4n) is 2.56. The van der Waals surface area contributed by atoms with Crippen LogP contribution in [0.2, 0.25) is 0 Å². The van der Waals surface area contributed by atoms with E-state index < -0.39 is 0 Å². The molecular weight excluding hydrogens is 242 g/mol. The average molecular weight is 261 g/mol. The summed E-state index contributed by atoms with van der Waals surface area (Å²) in [6.07, 6.45) is 3.51. The SMILES string of the molecule is CCCCc1cc2ccccc2nc1-c1ccccc1. The highest BCUT2D eigenvalue weighted by molar-refractivity contribution is 5.83. The van der Waals surface area contributed by atoms with E-state index in [1.807, 2.05) is 0 Å². The van der Waals surface area contributed by atoms with Gasteiger partial charge in [0.1, 0.15) is 0 Å². The molecule has 0 atom stereocenters. The Bertz CT molecular complexity index is 701. The Morgan fingerprint density at radius 3 is 2.45 bits per heavy atom. The molecule has 0 amide bonds. The maximum atomic E-state index is 4.90. The van der Waals surface area contributed by atoms with Gasteiger partial charge in [0, 0.05) is 10.9 Å². The highest BCUT2D eigenvalue weighted by Crippen LogP contribution is 2.26. The van der Waals surface area contributed by atoms with Crippen LogP contribution in [0.25, 0.3) is 22.2 Å². The van der Waals surface area contributed by atoms with Crippen LogP contribution in [0.1, 0.15) is 25.3 Å². The van der Waals surface area contributed by atoms with Gasteiger partial charge in [-0.05, 0) is 30.5 Å². The molecular formula is C19H19N. The second-order valence-electron chi connectivity index (χ2n) is 5.16. The third kappa shape index (κ3) is 2.57. The van der Waals surface area contributed by atoms with Crippen molar-refractivity contribution < 1.29 is 0 Å². The number of unbranched alkanes of at least 4 members (excludes halogenated alkanes) is 1. The van der Waals surface area contributed by atoms with E-state index in [1.165, 1.54) is 29.4 Å². The number of pyridine rings is 1. The lowest BCUT2D eigenvalue weighted by molar-refractivity contribution is 0.795. The lowest BCUT2D eigenvalue weighted by Gasteiger charge is -2.10. The molecule has 3 rings (SSSR count). The van der Waals surface area contributed by atoms with Gasteiger partial charge in [0.2, 0.25) is 0 Å². The fraction of sp³-hybridized carbons (Fsp3) is 0.211. The van der Waals surface area contributed by atoms with Gasteiger partial charge in [-0.2, -0.15) is 0 Å². The molecule has 0 aliphatic carbocycles. The standard InChI is InChI=1S/C19H19N/c1-2-3-9-17-14-16-12-7-8-13-18(16)20-19(17)15-10-5-4-6-11-15/h4-8,10-14H,2-3,9H2,1H3. The number of rotatable bonds is 4. The predicted molar refractivity (Wildman–Crippen MR) is 85.8 cm³/mol. The van der Waals surface area contributed by atoms with E-state index in [9.17, 15) is 0 Å². The highest BCUT2D eigenvalue weighted by atomic mass is 14.7. The zero-order valence-corrected chi connectivity index (χ0v) is 11.8. The third-order valence-electron chi connectivity index (χ3n) is 3.65. The minimum Gasteiger partial charge on any atom is -0.248 e. The monoisotopic (exact) mass is 261 g/mol. The minimum atomic E-state index is 1.08. The topological polar surface area (TPSA) is 12.9 Å². The Hall–Kier alpha value is -2.15. The smallest absolute Gasteiger partial charge is 0.0741 e. The normalized spacial score (nSPS) is 10.8. The van der Waals surface area contributed by atoms with Crippen LogP contribution in [0.4, 0.5) is 0 Å². The van der Waals surface area contributed by atoms with E-state index in [0.29, 0.717) is 0 Å². The Labute approximate surface area is 120 Å². The first-order valence-corrected chi connectivity index (χ1v) is 7.32. The van der Waals surface area contributed by atoms with Crippen molar-refractivity contribution in [2.45, 2.75) is 26.2 Å². The van der Waals surface area contributed by atoms with Crippen molar-refractivity contribution in [1.29, 1.82) is 0 Å². The fourth-order valence-corrected chi connectivity index (χ4v) is 2.56. The van der Waals surface area contributed by atoms with Crippen LogP contribution >= 0.6 is 0 Å². The molecule has 1 aromatic heterocycles. The molecule has 1 nitrogen and oxygen atoms in total. The Balaban J connectivity index is 2.16. The second-order valence-corrected chi connectivity index (χ2v) is 5.16. The van der Waals surface area contributed by atoms with E-state index in [1.54, 1.807) is 0 Å². The molecule has 0 aliphatic heterocycles. The molecule has 0 saturated carbocycles. The summed E-state index contributed by atoms with van der Waals surface area (Å²) in [4.78, 5) is 4.90. The van der Waals surface area contributed by atoms with Crippen molar-refractivity contribution in [2.75, 3.05) is 0 Å². The van der Waals surface area contributed by atoms with Crippen molar-refractivity contribution in [1.82, 2.24) is 4.98 Å². The molecule has 20 heavy (non-hydrogen) atoms. The molecule has 0 N–H and O–H groups in total. The number of hydrogen-bond donors (Lipinski definition) is 0. The van der Waals surface area contributed by atoms with Crippen molar-refractivity contribution in [3.63, 3.8) is 0 Å². The zero-order valence-electron chi connectivity index (χ0n) is 11.8. The first-order valence-electron chi connectivity index (χ1n) is 7.32. The number of hydrogen-bond acceptors (Lipinski definition) is 1. The Kier molecular flexibility index (Phi) is 3.78. The van der Waals surface area contributed by atoms with Gasteiger partial charge in [0.05, 0.1) is 11.2 Å². The predicted octanol–water partition coefficient (Wildman–Crippen LogP) is 5.24. The number of aromatic nitrogens is 1. The summed E-state index contributed by atoms with van der Waals surface area (Å²) in [6, 6.07) is 21.2. The summed E-state index contributed by atoms with van der Waals surface area (Å²) in [6.45, 7) is 2.23. The maximum Gasteiger partial charge on any atom is 0.0741 e. The molecule has 0 saturated heterocycles. The lowest BCUT2D eigenvalue weighted by atomic mass is 9.99. The van der Waals surface area contributed by atoms with E-state index >= 15 is 0 Å². The van der Waals surface area contributed by atoms with Crippen LogP contribution in [0.15, 0.2) is 60.7 Å². The summed E-state index contributed by atoms with van der Waals surface area (Å²) >= 11 is 0. The number of benzene rings is 2. The molecule has 0 spiro atoms. The number of para-hydroxylation sites is 1. The molecule has 1 heterocycles. The molecule has 0 fully saturated rings. The molecule has 1 heteroatoms. The largest absolute Gasteiger partial charge is 0.248 e. The van der Waals surface area contributed by atoms with E-state index in [-0.39, 0.29) is 0 Å². The van der Waals surface area contributed by atoms with Crippen LogP contribution in [0.5, 0.6) is 0 Å². The van der Waals surface area contributed by atoms with E-state index in [0.717, 1.165) is 17.6 Å². The second kappa shape index (κ2) is 5.87. The Morgan fingerprint density at radius 2 is 1.65 bits per heavy atom. The minimum absolute atomic E-state index is 1.08. The van der Waals surface area contributed by atoms with Gasteiger partial charge in [-0.15, -0.1) is 0 Å². The van der Waals surface area contributed by atoms with Crippen LogP contribution in [0, 0.1) is 0 Å². The number of nitrogens with zero attached hydrogens (tertiary/aromatic N) is 1. The Morgan fingerprint density at radius 1 is 0.900 bits per heavy atom. The summed E-state index contributed by atoms with van der Waals surface area (Å²) in [5, 5.41) is 1.23. The van der Waals surface area contributed by atoms with E-state index in [4.69, 9.17) is 4.98 Å². The molecule has 0 bridgehead atoms. The molecule has 0 radical (unpaired) electrons.